The lowest BCUT2D eigenvalue weighted by molar-refractivity contribution is -0.0233. The summed E-state index contributed by atoms with van der Waals surface area (Å²) in [6.45, 7) is 0.269. The van der Waals surface area contributed by atoms with E-state index in [4.69, 9.17) is 9.84 Å². The molecule has 0 bridgehead atoms. The van der Waals surface area contributed by atoms with Gasteiger partial charge in [-0.1, -0.05) is 38.5 Å². The summed E-state index contributed by atoms with van der Waals surface area (Å²) in [4.78, 5) is 13.0. The quantitative estimate of drug-likeness (QED) is 0.616. The molecule has 4 heteroatoms. The van der Waals surface area contributed by atoms with Gasteiger partial charge < -0.3 is 9.84 Å². The van der Waals surface area contributed by atoms with Gasteiger partial charge in [-0.3, -0.25) is 4.90 Å². The maximum absolute atomic E-state index is 10.6. The number of carbonyl (C=O) groups is 1. The van der Waals surface area contributed by atoms with Gasteiger partial charge in [0.25, 0.3) is 0 Å². The van der Waals surface area contributed by atoms with Crippen LogP contribution in [0, 0.1) is 0 Å². The van der Waals surface area contributed by atoms with E-state index in [-0.39, 0.29) is 6.73 Å². The van der Waals surface area contributed by atoms with E-state index in [0.717, 1.165) is 0 Å². The summed E-state index contributed by atoms with van der Waals surface area (Å²) in [5, 5.41) is 8.71. The van der Waals surface area contributed by atoms with Crippen LogP contribution in [0.4, 0.5) is 4.79 Å². The van der Waals surface area contributed by atoms with Crippen molar-refractivity contribution in [3.05, 3.63) is 0 Å². The summed E-state index contributed by atoms with van der Waals surface area (Å²) in [5.41, 5.74) is 0. The Balaban J connectivity index is 1.93. The number of carboxylic acid groups (broad SMARTS) is 1. The van der Waals surface area contributed by atoms with Crippen molar-refractivity contribution in [3.8, 4) is 0 Å². The molecule has 0 saturated heterocycles. The smallest absolute Gasteiger partial charge is 0.450 e. The van der Waals surface area contributed by atoms with Crippen molar-refractivity contribution in [2.24, 2.45) is 0 Å². The van der Waals surface area contributed by atoms with Gasteiger partial charge in [-0.15, -0.1) is 0 Å². The fourth-order valence-electron chi connectivity index (χ4n) is 3.46. The Kier molecular flexibility index (Phi) is 5.29. The number of rotatable bonds is 4. The van der Waals surface area contributed by atoms with Gasteiger partial charge in [0.2, 0.25) is 0 Å². The van der Waals surface area contributed by atoms with Crippen molar-refractivity contribution in [3.63, 3.8) is 0 Å². The highest BCUT2D eigenvalue weighted by atomic mass is 16.7. The van der Waals surface area contributed by atoms with Crippen LogP contribution in [-0.4, -0.2) is 35.0 Å². The fourth-order valence-corrected chi connectivity index (χ4v) is 3.46. The van der Waals surface area contributed by atoms with Crippen LogP contribution in [0.2, 0.25) is 0 Å². The average Bonchev–Trinajstić information content (AvgIpc) is 2.41. The van der Waals surface area contributed by atoms with Gasteiger partial charge in [0.15, 0.2) is 0 Å². The largest absolute Gasteiger partial charge is 0.507 e. The first-order valence-electron chi connectivity index (χ1n) is 7.39. The van der Waals surface area contributed by atoms with Crippen LogP contribution in [0.25, 0.3) is 0 Å². The van der Waals surface area contributed by atoms with Crippen LogP contribution in [0.15, 0.2) is 0 Å². The summed E-state index contributed by atoms with van der Waals surface area (Å²) in [7, 11) is 0. The molecule has 0 atom stereocenters. The molecule has 2 saturated carbocycles. The zero-order chi connectivity index (χ0) is 12.8. The molecular weight excluding hydrogens is 230 g/mol. The van der Waals surface area contributed by atoms with E-state index >= 15 is 0 Å². The maximum Gasteiger partial charge on any atom is 0.507 e. The summed E-state index contributed by atoms with van der Waals surface area (Å²) >= 11 is 0. The Morgan fingerprint density at radius 1 is 0.944 bits per heavy atom. The highest BCUT2D eigenvalue weighted by Crippen LogP contribution is 2.29. The van der Waals surface area contributed by atoms with Crippen molar-refractivity contribution >= 4 is 6.16 Å². The standard InChI is InChI=1S/C14H25NO3/c16-14(17)18-11-15(12-7-3-1-4-8-12)13-9-5-2-6-10-13/h12-13H,1-11H2,(H,16,17). The molecule has 0 spiro atoms. The van der Waals surface area contributed by atoms with E-state index in [9.17, 15) is 4.79 Å². The number of hydrogen-bond donors (Lipinski definition) is 1. The Morgan fingerprint density at radius 3 is 1.78 bits per heavy atom. The van der Waals surface area contributed by atoms with Crippen LogP contribution in [0.3, 0.4) is 0 Å². The molecule has 4 nitrogen and oxygen atoms in total. The highest BCUT2D eigenvalue weighted by molar-refractivity contribution is 5.56. The fraction of sp³-hybridized carbons (Fsp3) is 0.929. The number of hydrogen-bond acceptors (Lipinski definition) is 3. The van der Waals surface area contributed by atoms with Crippen molar-refractivity contribution < 1.29 is 14.6 Å². The minimum Gasteiger partial charge on any atom is -0.450 e. The van der Waals surface area contributed by atoms with Crippen LogP contribution in [-0.2, 0) is 4.74 Å². The van der Waals surface area contributed by atoms with Crippen molar-refractivity contribution in [1.82, 2.24) is 4.90 Å². The maximum atomic E-state index is 10.6. The van der Waals surface area contributed by atoms with Gasteiger partial charge in [0.05, 0.1) is 0 Å². The molecule has 2 fully saturated rings. The Hall–Kier alpha value is -0.770. The minimum absolute atomic E-state index is 0.269. The summed E-state index contributed by atoms with van der Waals surface area (Å²) < 4.78 is 4.85. The molecule has 18 heavy (non-hydrogen) atoms. The monoisotopic (exact) mass is 255 g/mol. The van der Waals surface area contributed by atoms with Gasteiger partial charge in [-0.05, 0) is 25.7 Å². The molecule has 0 aliphatic heterocycles. The van der Waals surface area contributed by atoms with E-state index in [2.05, 4.69) is 4.90 Å². The first-order chi connectivity index (χ1) is 8.77. The van der Waals surface area contributed by atoms with Crippen LogP contribution in [0.1, 0.15) is 64.2 Å². The third kappa shape index (κ3) is 3.87. The molecule has 1 N–H and O–H groups in total. The van der Waals surface area contributed by atoms with Gasteiger partial charge >= 0.3 is 6.16 Å². The van der Waals surface area contributed by atoms with Gasteiger partial charge in [0, 0.05) is 12.1 Å². The molecule has 0 amide bonds. The Morgan fingerprint density at radius 2 is 1.39 bits per heavy atom. The molecule has 104 valence electrons. The summed E-state index contributed by atoms with van der Waals surface area (Å²) in [6, 6.07) is 1.09. The minimum atomic E-state index is -1.15. The normalized spacial score (nSPS) is 23.2. The molecular formula is C14H25NO3. The lowest BCUT2D eigenvalue weighted by Gasteiger charge is -2.40. The third-order valence-corrected chi connectivity index (χ3v) is 4.42. The third-order valence-electron chi connectivity index (χ3n) is 4.42. The molecule has 2 rings (SSSR count). The molecule has 0 unspecified atom stereocenters. The second-order valence-electron chi connectivity index (χ2n) is 5.64. The first-order valence-corrected chi connectivity index (χ1v) is 7.39. The molecule has 0 heterocycles. The van der Waals surface area contributed by atoms with Gasteiger partial charge in [0.1, 0.15) is 6.73 Å². The van der Waals surface area contributed by atoms with Crippen LogP contribution in [0.5, 0.6) is 0 Å². The SMILES string of the molecule is O=C(O)OCN(C1CCCCC1)C1CCCCC1. The predicted molar refractivity (Wildman–Crippen MR) is 69.6 cm³/mol. The zero-order valence-corrected chi connectivity index (χ0v) is 11.1. The van der Waals surface area contributed by atoms with E-state index in [1.807, 2.05) is 0 Å². The lowest BCUT2D eigenvalue weighted by atomic mass is 9.89. The van der Waals surface area contributed by atoms with Crippen LogP contribution < -0.4 is 0 Å². The van der Waals surface area contributed by atoms with Crippen molar-refractivity contribution in [1.29, 1.82) is 0 Å². The molecule has 0 aromatic heterocycles. The Labute approximate surface area is 109 Å². The van der Waals surface area contributed by atoms with Crippen LogP contribution >= 0.6 is 0 Å². The second-order valence-corrected chi connectivity index (χ2v) is 5.64. The topological polar surface area (TPSA) is 49.8 Å². The molecule has 0 radical (unpaired) electrons. The number of ether oxygens (including phenoxy) is 1. The Bertz CT molecular complexity index is 240. The predicted octanol–water partition coefficient (Wildman–Crippen LogP) is 3.61. The van der Waals surface area contributed by atoms with E-state index < -0.39 is 6.16 Å². The first kappa shape index (κ1) is 13.7. The second kappa shape index (κ2) is 6.98. The van der Waals surface area contributed by atoms with E-state index in [1.165, 1.54) is 64.2 Å². The molecule has 0 aromatic rings. The highest BCUT2D eigenvalue weighted by Gasteiger charge is 2.29. The lowest BCUT2D eigenvalue weighted by Crippen LogP contribution is -2.46. The van der Waals surface area contributed by atoms with Gasteiger partial charge in [-0.25, -0.2) is 4.79 Å². The summed E-state index contributed by atoms with van der Waals surface area (Å²) in [5.74, 6) is 0. The molecule has 2 aliphatic rings. The van der Waals surface area contributed by atoms with E-state index in [1.54, 1.807) is 0 Å². The zero-order valence-electron chi connectivity index (χ0n) is 11.1. The number of nitrogens with zero attached hydrogens (tertiary/aromatic N) is 1. The molecule has 0 aromatic carbocycles. The average molecular weight is 255 g/mol. The van der Waals surface area contributed by atoms with Gasteiger partial charge in [-0.2, -0.15) is 0 Å². The van der Waals surface area contributed by atoms with E-state index in [0.29, 0.717) is 12.1 Å². The summed E-state index contributed by atoms with van der Waals surface area (Å²) in [6.07, 6.45) is 11.5. The van der Waals surface area contributed by atoms with Crippen molar-refractivity contribution in [2.45, 2.75) is 76.3 Å². The van der Waals surface area contributed by atoms with Crippen molar-refractivity contribution in [2.75, 3.05) is 6.73 Å². The molecule has 2 aliphatic carbocycles.